The molecule has 3 aromatic rings. The van der Waals surface area contributed by atoms with Gasteiger partial charge < -0.3 is 24.1 Å². The fourth-order valence-electron chi connectivity index (χ4n) is 6.95. The van der Waals surface area contributed by atoms with Crippen LogP contribution in [-0.2, 0) is 24.4 Å². The molecule has 1 aliphatic heterocycles. The number of hydrogen-bond donors (Lipinski definition) is 2. The van der Waals surface area contributed by atoms with Crippen LogP contribution in [0, 0.1) is 5.92 Å². The number of aromatic amines is 1. The number of alkyl halides is 3. The number of methoxy groups -OCH3 is 1. The summed E-state index contributed by atoms with van der Waals surface area (Å²) in [5.41, 5.74) is -2.11. The summed E-state index contributed by atoms with van der Waals surface area (Å²) < 4.78 is 72.1. The Kier molecular flexibility index (Phi) is 8.31. The summed E-state index contributed by atoms with van der Waals surface area (Å²) in [5.74, 6) is -1.67. The topological polar surface area (TPSA) is 148 Å². The summed E-state index contributed by atoms with van der Waals surface area (Å²) in [6.07, 6.45) is 3.38. The van der Waals surface area contributed by atoms with Crippen molar-refractivity contribution in [3.63, 3.8) is 0 Å². The average molecular weight is 675 g/mol. The van der Waals surface area contributed by atoms with Crippen molar-refractivity contribution in [3.05, 3.63) is 59.5 Å². The molecule has 2 unspecified atom stereocenters. The van der Waals surface area contributed by atoms with Gasteiger partial charge >= 0.3 is 21.7 Å². The molecule has 2 aromatic carbocycles. The summed E-state index contributed by atoms with van der Waals surface area (Å²) in [6.45, 7) is 4.20. The van der Waals surface area contributed by atoms with Crippen LogP contribution in [0.1, 0.15) is 74.4 Å². The minimum atomic E-state index is -5.91. The molecule has 6 rings (SSSR count). The van der Waals surface area contributed by atoms with Gasteiger partial charge in [-0.05, 0) is 59.9 Å². The number of likely N-dealkylation sites (tertiary alicyclic amines) is 1. The summed E-state index contributed by atoms with van der Waals surface area (Å²) in [6, 6.07) is 8.89. The van der Waals surface area contributed by atoms with E-state index >= 15 is 0 Å². The number of nitrogens with one attached hydrogen (secondary N) is 2. The van der Waals surface area contributed by atoms with E-state index in [1.807, 2.05) is 38.1 Å². The van der Waals surface area contributed by atoms with Gasteiger partial charge in [-0.2, -0.15) is 21.6 Å². The van der Waals surface area contributed by atoms with Gasteiger partial charge in [0.05, 0.1) is 25.0 Å². The van der Waals surface area contributed by atoms with E-state index in [9.17, 15) is 36.0 Å². The Balaban J connectivity index is 1.25. The maximum absolute atomic E-state index is 13.5. The molecule has 3 aliphatic rings. The van der Waals surface area contributed by atoms with E-state index in [1.165, 1.54) is 19.2 Å². The summed E-state index contributed by atoms with van der Waals surface area (Å²) in [4.78, 5) is 47.9. The summed E-state index contributed by atoms with van der Waals surface area (Å²) >= 11 is 0. The van der Waals surface area contributed by atoms with Crippen molar-refractivity contribution in [1.29, 1.82) is 0 Å². The molecule has 250 valence electrons. The number of fused-ring (bicyclic) bond motifs is 5. The molecule has 47 heavy (non-hydrogen) atoms. The molecule has 2 amide bonds. The van der Waals surface area contributed by atoms with E-state index in [0.717, 1.165) is 12.0 Å². The molecule has 11 nitrogen and oxygen atoms in total. The normalized spacial score (nSPS) is 21.2. The number of halogens is 3. The molecule has 0 spiro atoms. The van der Waals surface area contributed by atoms with Crippen molar-refractivity contribution in [1.82, 2.24) is 20.2 Å². The number of carbonyl (C=O) groups excluding carboxylic acids is 3. The number of ketones is 1. The molecule has 4 atom stereocenters. The second-order valence-corrected chi connectivity index (χ2v) is 13.9. The second kappa shape index (κ2) is 12.0. The Labute approximate surface area is 269 Å². The number of amides is 2. The molecule has 1 saturated heterocycles. The predicted octanol–water partition coefficient (Wildman–Crippen LogP) is 5.56. The predicted molar refractivity (Wildman–Crippen MR) is 163 cm³/mol. The number of imidazole rings is 1. The third-order valence-electron chi connectivity index (χ3n) is 9.20. The van der Waals surface area contributed by atoms with E-state index in [0.29, 0.717) is 54.0 Å². The van der Waals surface area contributed by atoms with Gasteiger partial charge in [0.1, 0.15) is 23.4 Å². The van der Waals surface area contributed by atoms with Crippen molar-refractivity contribution in [3.8, 4) is 28.1 Å². The highest BCUT2D eigenvalue weighted by molar-refractivity contribution is 7.88. The van der Waals surface area contributed by atoms with E-state index in [2.05, 4.69) is 19.5 Å². The zero-order chi connectivity index (χ0) is 33.8. The van der Waals surface area contributed by atoms with E-state index in [-0.39, 0.29) is 29.2 Å². The van der Waals surface area contributed by atoms with E-state index < -0.39 is 45.3 Å². The highest BCUT2D eigenvalue weighted by Gasteiger charge is 2.52. The van der Waals surface area contributed by atoms with Gasteiger partial charge in [0.2, 0.25) is 5.91 Å². The molecular weight excluding hydrogens is 641 g/mol. The molecule has 2 aliphatic carbocycles. The van der Waals surface area contributed by atoms with E-state index in [1.54, 1.807) is 11.1 Å². The Hall–Kier alpha value is -4.40. The number of rotatable bonds is 8. The smallest absolute Gasteiger partial charge is 0.453 e. The van der Waals surface area contributed by atoms with Crippen molar-refractivity contribution < 1.29 is 44.9 Å². The number of ether oxygens (including phenoxy) is 1. The highest BCUT2D eigenvalue weighted by atomic mass is 32.2. The number of H-pyrrole nitrogens is 1. The number of benzene rings is 2. The SMILES string of the molecule is COC(=O)N[C@H](C(=O)N1CCC[C@H]1c1ncc(-c2ccc(-c3ccc(OS(=O)(=O)C(F)(F)F)c4c3C3CCC4C3=O)cc2)[nH]1)C(C)C. The third kappa shape index (κ3) is 5.74. The maximum atomic E-state index is 13.5. The Morgan fingerprint density at radius 2 is 1.68 bits per heavy atom. The third-order valence-corrected chi connectivity index (χ3v) is 10.2. The molecule has 2 heterocycles. The number of Topliss-reactive ketones (excluding diaryl/α,β-unsaturated/α-hetero) is 1. The molecule has 1 aromatic heterocycles. The summed E-state index contributed by atoms with van der Waals surface area (Å²) in [5, 5.41) is 2.63. The zero-order valence-corrected chi connectivity index (χ0v) is 26.6. The van der Waals surface area contributed by atoms with Crippen LogP contribution < -0.4 is 9.50 Å². The van der Waals surface area contributed by atoms with Crippen LogP contribution in [0.15, 0.2) is 42.6 Å². The minimum Gasteiger partial charge on any atom is -0.453 e. The quantitative estimate of drug-likeness (QED) is 0.233. The van der Waals surface area contributed by atoms with Gasteiger partial charge in [0, 0.05) is 23.9 Å². The second-order valence-electron chi connectivity index (χ2n) is 12.3. The number of nitrogens with zero attached hydrogens (tertiary/aromatic N) is 2. The van der Waals surface area contributed by atoms with Gasteiger partial charge in [-0.3, -0.25) is 9.59 Å². The Morgan fingerprint density at radius 3 is 2.32 bits per heavy atom. The fourth-order valence-corrected chi connectivity index (χ4v) is 7.43. The lowest BCUT2D eigenvalue weighted by molar-refractivity contribution is -0.135. The van der Waals surface area contributed by atoms with Gasteiger partial charge in [-0.15, -0.1) is 0 Å². The Morgan fingerprint density at radius 1 is 1.02 bits per heavy atom. The zero-order valence-electron chi connectivity index (χ0n) is 25.8. The number of carbonyl (C=O) groups is 3. The lowest BCUT2D eigenvalue weighted by atomic mass is 9.85. The summed E-state index contributed by atoms with van der Waals surface area (Å²) in [7, 11) is -4.67. The van der Waals surface area contributed by atoms with Gasteiger partial charge in [-0.25, -0.2) is 9.78 Å². The number of alkyl carbamates (subject to hydrolysis) is 1. The van der Waals surface area contributed by atoms with Crippen molar-refractivity contribution in [2.75, 3.05) is 13.7 Å². The lowest BCUT2D eigenvalue weighted by Crippen LogP contribution is -2.51. The average Bonchev–Trinajstić information content (AvgIpc) is 3.83. The molecule has 15 heteroatoms. The van der Waals surface area contributed by atoms with Crippen LogP contribution in [0.2, 0.25) is 0 Å². The van der Waals surface area contributed by atoms with Crippen LogP contribution in [-0.4, -0.2) is 66.3 Å². The van der Waals surface area contributed by atoms with Crippen LogP contribution in [0.3, 0.4) is 0 Å². The molecule has 2 bridgehead atoms. The lowest BCUT2D eigenvalue weighted by Gasteiger charge is -2.30. The number of aromatic nitrogens is 2. The van der Waals surface area contributed by atoms with Crippen molar-refractivity contribution >= 4 is 27.9 Å². The first-order valence-electron chi connectivity index (χ1n) is 15.2. The fraction of sp³-hybridized carbons (Fsp3) is 0.438. The molecular formula is C32H33F3N4O7S. The Bertz CT molecular complexity index is 1840. The molecule has 1 saturated carbocycles. The number of hydrogen-bond acceptors (Lipinski definition) is 8. The molecule has 0 radical (unpaired) electrons. The van der Waals surface area contributed by atoms with E-state index in [4.69, 9.17) is 4.74 Å². The monoisotopic (exact) mass is 674 g/mol. The van der Waals surface area contributed by atoms with Crippen molar-refractivity contribution in [2.24, 2.45) is 5.92 Å². The largest absolute Gasteiger partial charge is 0.534 e. The first-order chi connectivity index (χ1) is 22.2. The van der Waals surface area contributed by atoms with Gasteiger partial charge in [-0.1, -0.05) is 44.2 Å². The maximum Gasteiger partial charge on any atom is 0.534 e. The molecule has 2 N–H and O–H groups in total. The van der Waals surface area contributed by atoms with Crippen LogP contribution in [0.5, 0.6) is 5.75 Å². The first-order valence-corrected chi connectivity index (χ1v) is 16.6. The standard InChI is InChI=1S/C32H33F3N4O7S/c1-16(2)27(38-31(42)45-3)30(41)39-14-4-5-23(39)29-36-15-22(37-29)18-8-6-17(7-9-18)19-12-13-24(46-47(43,44)32(33,34)35)26-21-11-10-20(25(19)26)28(21)40/h6-9,12-13,15-16,20-21,23,27H,4-5,10-11,14H2,1-3H3,(H,36,37)(H,38,42)/t20?,21?,23-,27-/m0/s1. The van der Waals surface area contributed by atoms with Crippen molar-refractivity contribution in [2.45, 2.75) is 69.0 Å². The van der Waals surface area contributed by atoms with Crippen LogP contribution >= 0.6 is 0 Å². The van der Waals surface area contributed by atoms with Crippen LogP contribution in [0.25, 0.3) is 22.4 Å². The molecule has 2 fully saturated rings. The van der Waals surface area contributed by atoms with Gasteiger partial charge in [0.25, 0.3) is 0 Å². The van der Waals surface area contributed by atoms with Crippen LogP contribution in [0.4, 0.5) is 18.0 Å². The first kappa shape index (κ1) is 32.5. The minimum absolute atomic E-state index is 0.149. The van der Waals surface area contributed by atoms with Gasteiger partial charge in [0.15, 0.2) is 0 Å². The highest BCUT2D eigenvalue weighted by Crippen LogP contribution is 2.56.